The normalized spacial score (nSPS) is 13.5. The molecular weight excluding hydrogens is 128 g/mol. The number of hydrogen-bond acceptors (Lipinski definition) is 3. The van der Waals surface area contributed by atoms with E-state index in [0.717, 1.165) is 19.6 Å². The number of ether oxygens (including phenoxy) is 1. The second-order valence-electron chi connectivity index (χ2n) is 2.16. The van der Waals surface area contributed by atoms with Crippen molar-refractivity contribution in [1.82, 2.24) is 10.6 Å². The van der Waals surface area contributed by atoms with E-state index < -0.39 is 0 Å². The number of rotatable bonds is 6. The van der Waals surface area contributed by atoms with Crippen molar-refractivity contribution < 1.29 is 4.74 Å². The molecule has 3 heteroatoms. The van der Waals surface area contributed by atoms with Crippen molar-refractivity contribution >= 4 is 0 Å². The molecule has 3 nitrogen and oxygen atoms in total. The average molecular weight is 146 g/mol. The molecule has 0 aromatic carbocycles. The summed E-state index contributed by atoms with van der Waals surface area (Å²) in [5, 5.41) is 6.08. The maximum atomic E-state index is 5.41. The molecule has 0 radical (unpaired) electrons. The summed E-state index contributed by atoms with van der Waals surface area (Å²) in [5.41, 5.74) is 0. The van der Waals surface area contributed by atoms with Gasteiger partial charge >= 0.3 is 0 Å². The minimum absolute atomic E-state index is 0.216. The molecule has 0 aliphatic carbocycles. The molecule has 0 spiro atoms. The fourth-order valence-electron chi connectivity index (χ4n) is 0.709. The first kappa shape index (κ1) is 9.88. The van der Waals surface area contributed by atoms with Crippen LogP contribution in [0.5, 0.6) is 0 Å². The Morgan fingerprint density at radius 1 is 1.40 bits per heavy atom. The first-order chi connectivity index (χ1) is 4.85. The van der Waals surface area contributed by atoms with E-state index in [1.54, 1.807) is 0 Å². The van der Waals surface area contributed by atoms with Crippen molar-refractivity contribution in [2.75, 3.05) is 27.2 Å². The highest BCUT2D eigenvalue weighted by Gasteiger charge is 1.99. The Kier molecular flexibility index (Phi) is 6.91. The van der Waals surface area contributed by atoms with Crippen LogP contribution in [0.3, 0.4) is 0 Å². The van der Waals surface area contributed by atoms with Crippen LogP contribution in [-0.2, 0) is 4.74 Å². The first-order valence-corrected chi connectivity index (χ1v) is 3.78. The van der Waals surface area contributed by atoms with Crippen LogP contribution in [0.2, 0.25) is 0 Å². The van der Waals surface area contributed by atoms with E-state index in [-0.39, 0.29) is 6.23 Å². The standard InChI is InChI=1S/C7H18N2O/c1-4-7(9-3)10-6-5-8-2/h7-9H,4-6H2,1-3H3. The lowest BCUT2D eigenvalue weighted by Gasteiger charge is -2.14. The van der Waals surface area contributed by atoms with Crippen LogP contribution in [0.25, 0.3) is 0 Å². The van der Waals surface area contributed by atoms with Gasteiger partial charge < -0.3 is 10.1 Å². The Hall–Kier alpha value is -0.120. The molecule has 2 N–H and O–H groups in total. The van der Waals surface area contributed by atoms with Gasteiger partial charge in [-0.05, 0) is 20.5 Å². The molecule has 0 saturated carbocycles. The van der Waals surface area contributed by atoms with Gasteiger partial charge in [0.25, 0.3) is 0 Å². The summed E-state index contributed by atoms with van der Waals surface area (Å²) >= 11 is 0. The zero-order valence-electron chi connectivity index (χ0n) is 7.11. The summed E-state index contributed by atoms with van der Waals surface area (Å²) in [6.07, 6.45) is 1.23. The number of nitrogens with one attached hydrogen (secondary N) is 2. The van der Waals surface area contributed by atoms with E-state index in [9.17, 15) is 0 Å². The van der Waals surface area contributed by atoms with E-state index in [1.807, 2.05) is 14.1 Å². The number of hydrogen-bond donors (Lipinski definition) is 2. The molecule has 62 valence electrons. The Morgan fingerprint density at radius 2 is 2.10 bits per heavy atom. The van der Waals surface area contributed by atoms with Crippen molar-refractivity contribution in [2.24, 2.45) is 0 Å². The highest BCUT2D eigenvalue weighted by molar-refractivity contribution is 4.47. The van der Waals surface area contributed by atoms with Crippen LogP contribution in [0.15, 0.2) is 0 Å². The van der Waals surface area contributed by atoms with Crippen molar-refractivity contribution in [3.05, 3.63) is 0 Å². The molecule has 0 fully saturated rings. The Labute approximate surface area is 63.1 Å². The van der Waals surface area contributed by atoms with Gasteiger partial charge in [0.15, 0.2) is 0 Å². The molecule has 0 aliphatic rings. The average Bonchev–Trinajstić information content (AvgIpc) is 1.99. The maximum Gasteiger partial charge on any atom is 0.107 e. The summed E-state index contributed by atoms with van der Waals surface area (Å²) in [6.45, 7) is 3.79. The summed E-state index contributed by atoms with van der Waals surface area (Å²) in [7, 11) is 3.83. The molecule has 0 saturated heterocycles. The molecule has 1 atom stereocenters. The van der Waals surface area contributed by atoms with Gasteiger partial charge in [-0.15, -0.1) is 0 Å². The third-order valence-electron chi connectivity index (χ3n) is 1.36. The van der Waals surface area contributed by atoms with E-state index in [4.69, 9.17) is 4.74 Å². The lowest BCUT2D eigenvalue weighted by molar-refractivity contribution is 0.0352. The molecule has 0 rings (SSSR count). The predicted octanol–water partition coefficient (Wildman–Crippen LogP) is 0.178. The molecule has 0 heterocycles. The second-order valence-corrected chi connectivity index (χ2v) is 2.16. The monoisotopic (exact) mass is 146 g/mol. The topological polar surface area (TPSA) is 33.3 Å². The third kappa shape index (κ3) is 4.73. The lowest BCUT2D eigenvalue weighted by Crippen LogP contribution is -2.30. The van der Waals surface area contributed by atoms with Gasteiger partial charge in [0.05, 0.1) is 6.61 Å². The Bertz CT molecular complexity index is 64.6. The third-order valence-corrected chi connectivity index (χ3v) is 1.36. The SMILES string of the molecule is CCC(NC)OCCNC. The molecule has 1 unspecified atom stereocenters. The van der Waals surface area contributed by atoms with Crippen molar-refractivity contribution in [3.63, 3.8) is 0 Å². The Morgan fingerprint density at radius 3 is 2.50 bits per heavy atom. The van der Waals surface area contributed by atoms with Crippen LogP contribution in [-0.4, -0.2) is 33.5 Å². The Balaban J connectivity index is 3.09. The van der Waals surface area contributed by atoms with Gasteiger partial charge in [-0.1, -0.05) is 6.92 Å². The zero-order valence-corrected chi connectivity index (χ0v) is 7.11. The molecule has 0 aromatic rings. The van der Waals surface area contributed by atoms with Gasteiger partial charge in [0.2, 0.25) is 0 Å². The summed E-state index contributed by atoms with van der Waals surface area (Å²) in [6, 6.07) is 0. The molecule has 0 aromatic heterocycles. The molecule has 0 amide bonds. The summed E-state index contributed by atoms with van der Waals surface area (Å²) in [5.74, 6) is 0. The first-order valence-electron chi connectivity index (χ1n) is 3.78. The smallest absolute Gasteiger partial charge is 0.107 e. The van der Waals surface area contributed by atoms with Crippen molar-refractivity contribution in [2.45, 2.75) is 19.6 Å². The van der Waals surface area contributed by atoms with Gasteiger partial charge in [-0.3, -0.25) is 5.32 Å². The largest absolute Gasteiger partial charge is 0.362 e. The minimum Gasteiger partial charge on any atom is -0.362 e. The fraction of sp³-hybridized carbons (Fsp3) is 1.00. The fourth-order valence-corrected chi connectivity index (χ4v) is 0.709. The van der Waals surface area contributed by atoms with E-state index in [2.05, 4.69) is 17.6 Å². The summed E-state index contributed by atoms with van der Waals surface area (Å²) < 4.78 is 5.41. The molecule has 0 aliphatic heterocycles. The van der Waals surface area contributed by atoms with E-state index >= 15 is 0 Å². The van der Waals surface area contributed by atoms with Gasteiger partial charge in [0, 0.05) is 6.54 Å². The molecule has 0 bridgehead atoms. The van der Waals surface area contributed by atoms with Crippen molar-refractivity contribution in [1.29, 1.82) is 0 Å². The van der Waals surface area contributed by atoms with Crippen LogP contribution in [0.4, 0.5) is 0 Å². The highest BCUT2D eigenvalue weighted by Crippen LogP contribution is 1.90. The summed E-state index contributed by atoms with van der Waals surface area (Å²) in [4.78, 5) is 0. The quantitative estimate of drug-likeness (QED) is 0.414. The predicted molar refractivity (Wildman–Crippen MR) is 43.0 cm³/mol. The van der Waals surface area contributed by atoms with Gasteiger partial charge in [-0.25, -0.2) is 0 Å². The second kappa shape index (κ2) is 6.99. The van der Waals surface area contributed by atoms with Gasteiger partial charge in [0.1, 0.15) is 6.23 Å². The lowest BCUT2D eigenvalue weighted by atomic mass is 10.4. The van der Waals surface area contributed by atoms with E-state index in [1.165, 1.54) is 0 Å². The van der Waals surface area contributed by atoms with E-state index in [0.29, 0.717) is 0 Å². The number of likely N-dealkylation sites (N-methyl/N-ethyl adjacent to an activating group) is 1. The van der Waals surface area contributed by atoms with Crippen LogP contribution < -0.4 is 10.6 Å². The molecular formula is C7H18N2O. The van der Waals surface area contributed by atoms with Crippen LogP contribution >= 0.6 is 0 Å². The van der Waals surface area contributed by atoms with Gasteiger partial charge in [-0.2, -0.15) is 0 Å². The zero-order chi connectivity index (χ0) is 7.82. The molecule has 10 heavy (non-hydrogen) atoms. The minimum atomic E-state index is 0.216. The van der Waals surface area contributed by atoms with Crippen LogP contribution in [0, 0.1) is 0 Å². The van der Waals surface area contributed by atoms with Crippen LogP contribution in [0.1, 0.15) is 13.3 Å². The highest BCUT2D eigenvalue weighted by atomic mass is 16.5. The van der Waals surface area contributed by atoms with Crippen molar-refractivity contribution in [3.8, 4) is 0 Å². The maximum absolute atomic E-state index is 5.41.